The van der Waals surface area contributed by atoms with E-state index in [-0.39, 0.29) is 5.15 Å². The van der Waals surface area contributed by atoms with Gasteiger partial charge in [0.1, 0.15) is 11.5 Å². The molecule has 0 unspecified atom stereocenters. The molecule has 0 amide bonds. The van der Waals surface area contributed by atoms with E-state index in [1.807, 2.05) is 0 Å². The zero-order valence-electron chi connectivity index (χ0n) is 9.27. The lowest BCUT2D eigenvalue weighted by Crippen LogP contribution is -1.96. The van der Waals surface area contributed by atoms with Crippen molar-refractivity contribution in [3.63, 3.8) is 0 Å². The molecule has 2 heterocycles. The number of H-pyrrole nitrogens is 1. The van der Waals surface area contributed by atoms with Crippen molar-refractivity contribution in [1.82, 2.24) is 20.2 Å². The van der Waals surface area contributed by atoms with E-state index >= 15 is 0 Å². The average molecular weight is 263 g/mol. The third-order valence-electron chi connectivity index (χ3n) is 2.44. The molecule has 0 aliphatic rings. The molecule has 18 heavy (non-hydrogen) atoms. The van der Waals surface area contributed by atoms with Crippen molar-refractivity contribution in [1.29, 1.82) is 0 Å². The second kappa shape index (κ2) is 3.92. The van der Waals surface area contributed by atoms with Gasteiger partial charge in [-0.3, -0.25) is 4.98 Å². The number of fused-ring (bicyclic) bond motifs is 1. The first kappa shape index (κ1) is 10.9. The average Bonchev–Trinajstić information content (AvgIpc) is 2.68. The lowest BCUT2D eigenvalue weighted by molar-refractivity contribution is 0.555. The lowest BCUT2D eigenvalue weighted by atomic mass is 10.1. The molecule has 2 aromatic heterocycles. The van der Waals surface area contributed by atoms with Crippen LogP contribution in [-0.2, 0) is 0 Å². The van der Waals surface area contributed by atoms with Crippen LogP contribution in [0.5, 0.6) is 0 Å². The Labute approximate surface area is 106 Å². The van der Waals surface area contributed by atoms with Crippen molar-refractivity contribution in [3.8, 4) is 11.3 Å². The zero-order valence-corrected chi connectivity index (χ0v) is 10.0. The van der Waals surface area contributed by atoms with Crippen molar-refractivity contribution in [3.05, 3.63) is 39.7 Å². The number of aromatic amines is 1. The van der Waals surface area contributed by atoms with Crippen molar-refractivity contribution >= 4 is 22.7 Å². The SMILES string of the molecule is Cc1nnc(-c2ccc3oc(=O)[nH]c3c2)c(Cl)n1. The summed E-state index contributed by atoms with van der Waals surface area (Å²) in [7, 11) is 0. The van der Waals surface area contributed by atoms with E-state index in [1.54, 1.807) is 25.1 Å². The molecule has 3 aromatic rings. The van der Waals surface area contributed by atoms with Crippen molar-refractivity contribution in [2.24, 2.45) is 0 Å². The molecule has 90 valence electrons. The van der Waals surface area contributed by atoms with Crippen LogP contribution in [0.4, 0.5) is 0 Å². The quantitative estimate of drug-likeness (QED) is 0.724. The molecule has 7 heteroatoms. The van der Waals surface area contributed by atoms with E-state index in [1.165, 1.54) is 0 Å². The molecule has 1 N–H and O–H groups in total. The minimum atomic E-state index is -0.499. The molecule has 6 nitrogen and oxygen atoms in total. The summed E-state index contributed by atoms with van der Waals surface area (Å²) in [6.45, 7) is 1.71. The van der Waals surface area contributed by atoms with Crippen LogP contribution >= 0.6 is 11.6 Å². The van der Waals surface area contributed by atoms with Gasteiger partial charge in [0.05, 0.1) is 5.52 Å². The monoisotopic (exact) mass is 262 g/mol. The normalized spacial score (nSPS) is 11.0. The van der Waals surface area contributed by atoms with E-state index in [0.717, 1.165) is 0 Å². The molecule has 0 fully saturated rings. The minimum Gasteiger partial charge on any atom is -0.408 e. The van der Waals surface area contributed by atoms with Gasteiger partial charge in [-0.1, -0.05) is 11.6 Å². The Hall–Kier alpha value is -2.21. The summed E-state index contributed by atoms with van der Waals surface area (Å²) in [6.07, 6.45) is 0. The first-order valence-corrected chi connectivity index (χ1v) is 5.51. The maximum absolute atomic E-state index is 11.1. The van der Waals surface area contributed by atoms with Crippen LogP contribution < -0.4 is 5.76 Å². The van der Waals surface area contributed by atoms with E-state index in [2.05, 4.69) is 20.2 Å². The Kier molecular flexibility index (Phi) is 2.38. The van der Waals surface area contributed by atoms with Crippen LogP contribution in [0.25, 0.3) is 22.4 Å². The molecule has 3 rings (SSSR count). The number of benzene rings is 1. The highest BCUT2D eigenvalue weighted by atomic mass is 35.5. The Morgan fingerprint density at radius 3 is 2.94 bits per heavy atom. The number of nitrogens with one attached hydrogen (secondary N) is 1. The highest BCUT2D eigenvalue weighted by molar-refractivity contribution is 6.31. The largest absolute Gasteiger partial charge is 0.417 e. The second-order valence-electron chi connectivity index (χ2n) is 3.72. The number of rotatable bonds is 1. The fraction of sp³-hybridized carbons (Fsp3) is 0.0909. The van der Waals surface area contributed by atoms with Crippen molar-refractivity contribution in [2.75, 3.05) is 0 Å². The number of halogens is 1. The standard InChI is InChI=1S/C11H7ClN4O2/c1-5-13-10(12)9(16-15-5)6-2-3-8-7(4-6)14-11(17)18-8/h2-4H,1H3,(H,14,17). The van der Waals surface area contributed by atoms with Gasteiger partial charge in [0.15, 0.2) is 10.7 Å². The van der Waals surface area contributed by atoms with Crippen LogP contribution in [0.3, 0.4) is 0 Å². The number of nitrogens with zero attached hydrogens (tertiary/aromatic N) is 3. The number of oxazole rings is 1. The van der Waals surface area contributed by atoms with Gasteiger partial charge in [0, 0.05) is 5.56 Å². The number of hydrogen-bond donors (Lipinski definition) is 1. The molecular formula is C11H7ClN4O2. The first-order chi connectivity index (χ1) is 8.63. The Morgan fingerprint density at radius 1 is 1.33 bits per heavy atom. The summed E-state index contributed by atoms with van der Waals surface area (Å²) >= 11 is 6.01. The Balaban J connectivity index is 2.21. The molecule has 0 aliphatic heterocycles. The summed E-state index contributed by atoms with van der Waals surface area (Å²) in [4.78, 5) is 17.7. The van der Waals surface area contributed by atoms with Crippen LogP contribution in [0.2, 0.25) is 5.15 Å². The number of aromatic nitrogens is 4. The molecule has 0 aliphatic carbocycles. The van der Waals surface area contributed by atoms with Crippen molar-refractivity contribution < 1.29 is 4.42 Å². The molecule has 0 saturated carbocycles. The van der Waals surface area contributed by atoms with Gasteiger partial charge in [-0.05, 0) is 25.1 Å². The molecule has 0 saturated heterocycles. The molecule has 0 spiro atoms. The Morgan fingerprint density at radius 2 is 2.17 bits per heavy atom. The number of aryl methyl sites for hydroxylation is 1. The third-order valence-corrected chi connectivity index (χ3v) is 2.71. The highest BCUT2D eigenvalue weighted by Gasteiger charge is 2.10. The molecular weight excluding hydrogens is 256 g/mol. The zero-order chi connectivity index (χ0) is 12.7. The highest BCUT2D eigenvalue weighted by Crippen LogP contribution is 2.25. The molecule has 0 atom stereocenters. The van der Waals surface area contributed by atoms with Gasteiger partial charge in [-0.15, -0.1) is 10.2 Å². The predicted octanol–water partition coefficient (Wildman–Crippen LogP) is 1.93. The fourth-order valence-electron chi connectivity index (χ4n) is 1.66. The third kappa shape index (κ3) is 1.76. The lowest BCUT2D eigenvalue weighted by Gasteiger charge is -2.02. The maximum atomic E-state index is 11.1. The first-order valence-electron chi connectivity index (χ1n) is 5.13. The predicted molar refractivity (Wildman–Crippen MR) is 65.4 cm³/mol. The van der Waals surface area contributed by atoms with Crippen LogP contribution in [0.1, 0.15) is 5.82 Å². The maximum Gasteiger partial charge on any atom is 0.417 e. The van der Waals surface area contributed by atoms with Gasteiger partial charge in [-0.25, -0.2) is 9.78 Å². The van der Waals surface area contributed by atoms with Gasteiger partial charge in [0.25, 0.3) is 0 Å². The number of hydrogen-bond acceptors (Lipinski definition) is 5. The second-order valence-corrected chi connectivity index (χ2v) is 4.08. The van der Waals surface area contributed by atoms with Crippen LogP contribution in [0.15, 0.2) is 27.4 Å². The summed E-state index contributed by atoms with van der Waals surface area (Å²) in [6, 6.07) is 5.12. The van der Waals surface area contributed by atoms with Gasteiger partial charge in [0.2, 0.25) is 0 Å². The summed E-state index contributed by atoms with van der Waals surface area (Å²) < 4.78 is 4.91. The van der Waals surface area contributed by atoms with Gasteiger partial charge < -0.3 is 4.42 Å². The smallest absolute Gasteiger partial charge is 0.408 e. The molecule has 0 radical (unpaired) electrons. The van der Waals surface area contributed by atoms with E-state index in [4.69, 9.17) is 16.0 Å². The van der Waals surface area contributed by atoms with Gasteiger partial charge in [-0.2, -0.15) is 0 Å². The minimum absolute atomic E-state index is 0.271. The summed E-state index contributed by atoms with van der Waals surface area (Å²) in [5, 5.41) is 8.13. The fourth-order valence-corrected chi connectivity index (χ4v) is 1.93. The van der Waals surface area contributed by atoms with Crippen LogP contribution in [-0.4, -0.2) is 20.2 Å². The topological polar surface area (TPSA) is 84.7 Å². The molecule has 0 bridgehead atoms. The van der Waals surface area contributed by atoms with Crippen molar-refractivity contribution in [2.45, 2.75) is 6.92 Å². The van der Waals surface area contributed by atoms with E-state index in [9.17, 15) is 4.79 Å². The van der Waals surface area contributed by atoms with E-state index < -0.39 is 5.76 Å². The Bertz CT molecular complexity index is 793. The van der Waals surface area contributed by atoms with Gasteiger partial charge >= 0.3 is 5.76 Å². The van der Waals surface area contributed by atoms with E-state index in [0.29, 0.717) is 28.2 Å². The summed E-state index contributed by atoms with van der Waals surface area (Å²) in [5.41, 5.74) is 2.24. The van der Waals surface area contributed by atoms with Crippen LogP contribution in [0, 0.1) is 6.92 Å². The molecule has 1 aromatic carbocycles. The summed E-state index contributed by atoms with van der Waals surface area (Å²) in [5.74, 6) is 0.00269.